The van der Waals surface area contributed by atoms with Crippen LogP contribution in [0.1, 0.15) is 5.69 Å². The monoisotopic (exact) mass is 236 g/mol. The van der Waals surface area contributed by atoms with E-state index in [9.17, 15) is 4.79 Å². The second-order valence-electron chi connectivity index (χ2n) is 2.59. The van der Waals surface area contributed by atoms with Crippen LogP contribution >= 0.6 is 35.0 Å². The highest BCUT2D eigenvalue weighted by atomic mass is 35.5. The zero-order valence-electron chi connectivity index (χ0n) is 6.59. The molecule has 2 rings (SSSR count). The van der Waals surface area contributed by atoms with Crippen LogP contribution in [-0.4, -0.2) is 15.3 Å². The van der Waals surface area contributed by atoms with Gasteiger partial charge in [0.1, 0.15) is 5.02 Å². The number of hydrogen-bond donors (Lipinski definition) is 0. The topological polar surface area (TPSA) is 34.9 Å². The molecule has 1 aliphatic heterocycles. The van der Waals surface area contributed by atoms with Crippen molar-refractivity contribution in [3.05, 3.63) is 21.1 Å². The average molecular weight is 237 g/mol. The molecule has 0 saturated carbocycles. The first kappa shape index (κ1) is 9.37. The lowest BCUT2D eigenvalue weighted by Crippen LogP contribution is -2.22. The number of thioether (sulfide) groups is 1. The van der Waals surface area contributed by atoms with Crippen molar-refractivity contribution in [3.63, 3.8) is 0 Å². The molecule has 0 aromatic carbocycles. The maximum Gasteiger partial charge on any atom is 0.273 e. The summed E-state index contributed by atoms with van der Waals surface area (Å²) in [6.07, 6.45) is 0. The van der Waals surface area contributed by atoms with Crippen molar-refractivity contribution < 1.29 is 0 Å². The van der Waals surface area contributed by atoms with Crippen molar-refractivity contribution in [2.24, 2.45) is 0 Å². The van der Waals surface area contributed by atoms with Gasteiger partial charge in [0.25, 0.3) is 5.56 Å². The van der Waals surface area contributed by atoms with Crippen LogP contribution in [0.3, 0.4) is 0 Å². The lowest BCUT2D eigenvalue weighted by Gasteiger charge is -2.04. The first-order chi connectivity index (χ1) is 6.24. The maximum absolute atomic E-state index is 11.6. The Labute approximate surface area is 89.1 Å². The Morgan fingerprint density at radius 2 is 2.38 bits per heavy atom. The molecule has 0 fully saturated rings. The number of hydrogen-bond acceptors (Lipinski definition) is 3. The summed E-state index contributed by atoms with van der Waals surface area (Å²) in [7, 11) is 0. The van der Waals surface area contributed by atoms with E-state index < -0.39 is 0 Å². The highest BCUT2D eigenvalue weighted by Crippen LogP contribution is 2.24. The Kier molecular flexibility index (Phi) is 2.53. The van der Waals surface area contributed by atoms with Gasteiger partial charge in [-0.25, -0.2) is 4.98 Å². The lowest BCUT2D eigenvalue weighted by molar-refractivity contribution is 0.648. The van der Waals surface area contributed by atoms with Gasteiger partial charge in [0.05, 0.1) is 11.6 Å². The normalized spacial score (nSPS) is 14.6. The smallest absolute Gasteiger partial charge is 0.273 e. The van der Waals surface area contributed by atoms with Gasteiger partial charge in [-0.2, -0.15) is 0 Å². The third-order valence-electron chi connectivity index (χ3n) is 1.82. The third-order valence-corrected chi connectivity index (χ3v) is 3.41. The van der Waals surface area contributed by atoms with Crippen LogP contribution in [0, 0.1) is 0 Å². The molecule has 0 spiro atoms. The minimum atomic E-state index is -0.174. The summed E-state index contributed by atoms with van der Waals surface area (Å²) < 4.78 is 1.59. The predicted octanol–water partition coefficient (Wildman–Crippen LogP) is 1.74. The fourth-order valence-electron chi connectivity index (χ4n) is 1.18. The molecule has 0 aliphatic carbocycles. The first-order valence-electron chi connectivity index (χ1n) is 3.72. The van der Waals surface area contributed by atoms with Crippen molar-refractivity contribution in [3.8, 4) is 0 Å². The summed E-state index contributed by atoms with van der Waals surface area (Å²) in [4.78, 5) is 15.8. The molecule has 13 heavy (non-hydrogen) atoms. The summed E-state index contributed by atoms with van der Waals surface area (Å²) in [5.74, 6) is 1.06. The van der Waals surface area contributed by atoms with Gasteiger partial charge in [0, 0.05) is 12.3 Å². The number of alkyl halides is 1. The molecule has 1 aromatic rings. The summed E-state index contributed by atoms with van der Waals surface area (Å²) in [5, 5.41) is 0.881. The quantitative estimate of drug-likeness (QED) is 0.551. The largest absolute Gasteiger partial charge is 0.285 e. The molecular weight excluding hydrogens is 231 g/mol. The van der Waals surface area contributed by atoms with Crippen LogP contribution < -0.4 is 5.56 Å². The molecule has 6 heteroatoms. The SMILES string of the molecule is O=c1c(Cl)c(CCl)nc2n1CCS2. The van der Waals surface area contributed by atoms with Gasteiger partial charge >= 0.3 is 0 Å². The Hall–Kier alpha value is -0.190. The molecular formula is C7H6Cl2N2OS. The van der Waals surface area contributed by atoms with E-state index in [1.165, 1.54) is 0 Å². The fourth-order valence-corrected chi connectivity index (χ4v) is 2.61. The van der Waals surface area contributed by atoms with Gasteiger partial charge in [0.2, 0.25) is 0 Å². The van der Waals surface area contributed by atoms with Crippen molar-refractivity contribution in [1.82, 2.24) is 9.55 Å². The van der Waals surface area contributed by atoms with Crippen LogP contribution in [0.15, 0.2) is 9.95 Å². The van der Waals surface area contributed by atoms with E-state index >= 15 is 0 Å². The van der Waals surface area contributed by atoms with Crippen LogP contribution in [0.4, 0.5) is 0 Å². The number of nitrogens with zero attached hydrogens (tertiary/aromatic N) is 2. The second kappa shape index (κ2) is 3.52. The Morgan fingerprint density at radius 3 is 3.08 bits per heavy atom. The van der Waals surface area contributed by atoms with E-state index in [4.69, 9.17) is 23.2 Å². The van der Waals surface area contributed by atoms with Crippen molar-refractivity contribution in [2.75, 3.05) is 5.75 Å². The van der Waals surface area contributed by atoms with Gasteiger partial charge in [-0.15, -0.1) is 11.6 Å². The van der Waals surface area contributed by atoms with Crippen LogP contribution in [0.5, 0.6) is 0 Å². The molecule has 0 unspecified atom stereocenters. The Bertz CT molecular complexity index is 403. The molecule has 0 bridgehead atoms. The minimum Gasteiger partial charge on any atom is -0.285 e. The number of halogens is 2. The molecule has 2 heterocycles. The van der Waals surface area contributed by atoms with Gasteiger partial charge < -0.3 is 0 Å². The molecule has 0 saturated heterocycles. The van der Waals surface area contributed by atoms with E-state index in [1.807, 2.05) is 0 Å². The summed E-state index contributed by atoms with van der Waals surface area (Å²) >= 11 is 12.9. The van der Waals surface area contributed by atoms with E-state index in [0.717, 1.165) is 10.9 Å². The van der Waals surface area contributed by atoms with E-state index in [1.54, 1.807) is 16.3 Å². The van der Waals surface area contributed by atoms with Gasteiger partial charge in [-0.3, -0.25) is 9.36 Å². The number of rotatable bonds is 1. The summed E-state index contributed by atoms with van der Waals surface area (Å²) in [5.41, 5.74) is 0.307. The maximum atomic E-state index is 11.6. The Morgan fingerprint density at radius 1 is 1.62 bits per heavy atom. The van der Waals surface area contributed by atoms with E-state index in [0.29, 0.717) is 12.2 Å². The molecule has 70 valence electrons. The summed E-state index contributed by atoms with van der Waals surface area (Å²) in [6.45, 7) is 0.689. The van der Waals surface area contributed by atoms with Crippen molar-refractivity contribution >= 4 is 35.0 Å². The average Bonchev–Trinajstić information content (AvgIpc) is 2.59. The molecule has 1 aromatic heterocycles. The highest BCUT2D eigenvalue weighted by molar-refractivity contribution is 7.99. The fraction of sp³-hybridized carbons (Fsp3) is 0.429. The number of fused-ring (bicyclic) bond motifs is 1. The minimum absolute atomic E-state index is 0.154. The van der Waals surface area contributed by atoms with Crippen molar-refractivity contribution in [1.29, 1.82) is 0 Å². The molecule has 0 N–H and O–H groups in total. The van der Waals surface area contributed by atoms with E-state index in [2.05, 4.69) is 4.98 Å². The standard InChI is InChI=1S/C7H6Cl2N2OS/c8-3-4-5(9)6(12)11-1-2-13-7(11)10-4/h1-3H2. The second-order valence-corrected chi connectivity index (χ2v) is 4.30. The Balaban J connectivity index is 2.68. The molecule has 0 radical (unpaired) electrons. The first-order valence-corrected chi connectivity index (χ1v) is 5.62. The van der Waals surface area contributed by atoms with Crippen LogP contribution in [0.25, 0.3) is 0 Å². The molecule has 3 nitrogen and oxygen atoms in total. The van der Waals surface area contributed by atoms with Crippen LogP contribution in [-0.2, 0) is 12.4 Å². The van der Waals surface area contributed by atoms with Crippen molar-refractivity contribution in [2.45, 2.75) is 17.6 Å². The van der Waals surface area contributed by atoms with E-state index in [-0.39, 0.29) is 16.5 Å². The predicted molar refractivity (Wildman–Crippen MR) is 53.8 cm³/mol. The molecule has 0 atom stereocenters. The zero-order chi connectivity index (χ0) is 9.42. The van der Waals surface area contributed by atoms with Crippen LogP contribution in [0.2, 0.25) is 5.02 Å². The number of aromatic nitrogens is 2. The van der Waals surface area contributed by atoms with Gasteiger partial charge in [-0.1, -0.05) is 23.4 Å². The van der Waals surface area contributed by atoms with Gasteiger partial charge in [0.15, 0.2) is 5.16 Å². The molecule has 1 aliphatic rings. The lowest BCUT2D eigenvalue weighted by atomic mass is 10.4. The molecule has 0 amide bonds. The third kappa shape index (κ3) is 1.47. The summed E-state index contributed by atoms with van der Waals surface area (Å²) in [6, 6.07) is 0. The van der Waals surface area contributed by atoms with Gasteiger partial charge in [-0.05, 0) is 0 Å². The zero-order valence-corrected chi connectivity index (χ0v) is 8.92. The highest BCUT2D eigenvalue weighted by Gasteiger charge is 2.18.